The number of carbonyl (C=O) groups excluding carboxylic acids is 2. The maximum atomic E-state index is 13.0. The summed E-state index contributed by atoms with van der Waals surface area (Å²) in [7, 11) is 0. The number of imidazole rings is 1. The number of nitrogens with one attached hydrogen (secondary N) is 2. The summed E-state index contributed by atoms with van der Waals surface area (Å²) in [5.41, 5.74) is 2.73. The van der Waals surface area contributed by atoms with Gasteiger partial charge in [-0.2, -0.15) is 5.21 Å². The van der Waals surface area contributed by atoms with Crippen molar-refractivity contribution in [2.24, 2.45) is 0 Å². The third kappa shape index (κ3) is 5.50. The fourth-order valence-electron chi connectivity index (χ4n) is 4.39. The molecule has 0 unspecified atom stereocenters. The SMILES string of the molecule is CCCCc1nc(Cl)c(C(=O)OCC)n1Cc1ccc2oc(-c3ccccc3C(=O)Nc3nn[nH]n3)c(Br)c2c1. The van der Waals surface area contributed by atoms with E-state index in [0.29, 0.717) is 39.9 Å². The van der Waals surface area contributed by atoms with Gasteiger partial charge in [0.2, 0.25) is 0 Å². The lowest BCUT2D eigenvalue weighted by atomic mass is 10.0. The number of aromatic amines is 1. The first-order valence-corrected chi connectivity index (χ1v) is 13.9. The van der Waals surface area contributed by atoms with Crippen molar-refractivity contribution in [1.82, 2.24) is 30.2 Å². The van der Waals surface area contributed by atoms with Crippen LogP contribution >= 0.6 is 27.5 Å². The second-order valence-corrected chi connectivity index (χ2v) is 10.0. The standard InChI is InChI=1S/C27H25BrClN7O4/c1-3-5-10-20-30-24(29)22(26(38)39-4-2)36(20)14-15-11-12-19-18(13-15)21(28)23(40-19)16-8-6-7-9-17(16)25(37)31-27-32-34-35-33-27/h6-9,11-13H,3-5,10,14H2,1-2H3,(H2,31,32,33,34,35,37). The van der Waals surface area contributed by atoms with Gasteiger partial charge >= 0.3 is 5.97 Å². The Morgan fingerprint density at radius 1 is 1.20 bits per heavy atom. The van der Waals surface area contributed by atoms with E-state index in [1.807, 2.05) is 28.8 Å². The number of unbranched alkanes of at least 4 members (excludes halogenated alkanes) is 1. The van der Waals surface area contributed by atoms with Gasteiger partial charge in [0, 0.05) is 23.9 Å². The summed E-state index contributed by atoms with van der Waals surface area (Å²) in [5.74, 6) is 0.365. The van der Waals surface area contributed by atoms with E-state index in [-0.39, 0.29) is 23.4 Å². The number of benzene rings is 2. The van der Waals surface area contributed by atoms with E-state index >= 15 is 0 Å². The number of halogens is 2. The number of H-pyrrole nitrogens is 1. The number of aryl methyl sites for hydroxylation is 1. The molecular weight excluding hydrogens is 602 g/mol. The Hall–Kier alpha value is -4.03. The number of carbonyl (C=O) groups is 2. The summed E-state index contributed by atoms with van der Waals surface area (Å²) in [5, 5.41) is 16.9. The number of ether oxygens (including phenoxy) is 1. The van der Waals surface area contributed by atoms with Crippen molar-refractivity contribution in [3.63, 3.8) is 0 Å². The van der Waals surface area contributed by atoms with Crippen LogP contribution in [0, 0.1) is 0 Å². The molecule has 0 bridgehead atoms. The largest absolute Gasteiger partial charge is 0.461 e. The smallest absolute Gasteiger partial charge is 0.358 e. The van der Waals surface area contributed by atoms with Crippen LogP contribution in [0.5, 0.6) is 0 Å². The molecular formula is C27H25BrClN7O4. The predicted molar refractivity (Wildman–Crippen MR) is 152 cm³/mol. The van der Waals surface area contributed by atoms with Gasteiger partial charge in [-0.1, -0.05) is 54.3 Å². The molecule has 5 aromatic rings. The lowest BCUT2D eigenvalue weighted by Gasteiger charge is -2.12. The Labute approximate surface area is 242 Å². The average Bonchev–Trinajstić information content (AvgIpc) is 3.66. The van der Waals surface area contributed by atoms with Crippen molar-refractivity contribution < 1.29 is 18.7 Å². The highest BCUT2D eigenvalue weighted by molar-refractivity contribution is 9.10. The highest BCUT2D eigenvalue weighted by Crippen LogP contribution is 2.39. The Morgan fingerprint density at radius 3 is 2.77 bits per heavy atom. The number of rotatable bonds is 10. The second kappa shape index (κ2) is 12.0. The number of hydrogen-bond acceptors (Lipinski definition) is 8. The van der Waals surface area contributed by atoms with Crippen LogP contribution in [0.25, 0.3) is 22.3 Å². The van der Waals surface area contributed by atoms with E-state index in [2.05, 4.69) is 53.8 Å². The molecule has 5 rings (SSSR count). The van der Waals surface area contributed by atoms with Crippen LogP contribution in [0.1, 0.15) is 58.9 Å². The fraction of sp³-hybridized carbons (Fsp3) is 0.259. The van der Waals surface area contributed by atoms with Gasteiger partial charge in [0.25, 0.3) is 11.9 Å². The first-order chi connectivity index (χ1) is 19.4. The molecule has 0 fully saturated rings. The van der Waals surface area contributed by atoms with E-state index in [1.54, 1.807) is 25.1 Å². The summed E-state index contributed by atoms with van der Waals surface area (Å²) in [6.45, 7) is 4.44. The quantitative estimate of drug-likeness (QED) is 0.179. The summed E-state index contributed by atoms with van der Waals surface area (Å²) in [6.07, 6.45) is 2.57. The third-order valence-electron chi connectivity index (χ3n) is 6.25. The number of hydrogen-bond donors (Lipinski definition) is 2. The topological polar surface area (TPSA) is 141 Å². The number of tetrazole rings is 1. The highest BCUT2D eigenvalue weighted by atomic mass is 79.9. The monoisotopic (exact) mass is 625 g/mol. The van der Waals surface area contributed by atoms with Crippen molar-refractivity contribution in [3.8, 4) is 11.3 Å². The highest BCUT2D eigenvalue weighted by Gasteiger charge is 2.24. The molecule has 0 saturated heterocycles. The molecule has 3 heterocycles. The van der Waals surface area contributed by atoms with E-state index < -0.39 is 11.9 Å². The zero-order valence-electron chi connectivity index (χ0n) is 21.7. The molecule has 11 nitrogen and oxygen atoms in total. The molecule has 2 aromatic carbocycles. The second-order valence-electron chi connectivity index (χ2n) is 8.89. The van der Waals surface area contributed by atoms with Crippen molar-refractivity contribution in [3.05, 3.63) is 74.7 Å². The van der Waals surface area contributed by atoms with Crippen molar-refractivity contribution in [1.29, 1.82) is 0 Å². The zero-order valence-corrected chi connectivity index (χ0v) is 24.0. The van der Waals surface area contributed by atoms with Crippen molar-refractivity contribution in [2.75, 3.05) is 11.9 Å². The summed E-state index contributed by atoms with van der Waals surface area (Å²) in [6, 6.07) is 12.8. The first kappa shape index (κ1) is 27.5. The molecule has 40 heavy (non-hydrogen) atoms. The summed E-state index contributed by atoms with van der Waals surface area (Å²) < 4.78 is 14.0. The molecule has 206 valence electrons. The van der Waals surface area contributed by atoms with Crippen LogP contribution in [0.15, 0.2) is 51.4 Å². The molecule has 2 N–H and O–H groups in total. The zero-order chi connectivity index (χ0) is 28.2. The minimum absolute atomic E-state index is 0.0632. The van der Waals surface area contributed by atoms with Gasteiger partial charge in [-0.15, -0.1) is 5.10 Å². The molecule has 0 atom stereocenters. The number of nitrogens with zero attached hydrogens (tertiary/aromatic N) is 5. The number of furan rings is 1. The maximum Gasteiger partial charge on any atom is 0.358 e. The number of fused-ring (bicyclic) bond motifs is 1. The van der Waals surface area contributed by atoms with Gasteiger partial charge < -0.3 is 13.7 Å². The molecule has 3 aromatic heterocycles. The molecule has 13 heteroatoms. The van der Waals surface area contributed by atoms with Gasteiger partial charge in [-0.25, -0.2) is 9.78 Å². The van der Waals surface area contributed by atoms with Gasteiger partial charge in [0.15, 0.2) is 10.8 Å². The van der Waals surface area contributed by atoms with E-state index in [9.17, 15) is 9.59 Å². The Morgan fingerprint density at radius 2 is 2.02 bits per heavy atom. The van der Waals surface area contributed by atoms with Crippen LogP contribution in [0.2, 0.25) is 5.15 Å². The normalized spacial score (nSPS) is 11.2. The molecule has 1 amide bonds. The van der Waals surface area contributed by atoms with Gasteiger partial charge in [-0.3, -0.25) is 10.1 Å². The van der Waals surface area contributed by atoms with Crippen LogP contribution < -0.4 is 5.32 Å². The molecule has 0 aliphatic carbocycles. The van der Waals surface area contributed by atoms with Crippen LogP contribution in [-0.2, 0) is 17.7 Å². The molecule has 0 aliphatic rings. The predicted octanol–water partition coefficient (Wildman–Crippen LogP) is 6.05. The third-order valence-corrected chi connectivity index (χ3v) is 7.30. The van der Waals surface area contributed by atoms with Gasteiger partial charge in [-0.05, 0) is 58.3 Å². The lowest BCUT2D eigenvalue weighted by Crippen LogP contribution is -2.15. The number of anilines is 1. The molecule has 0 radical (unpaired) electrons. The fourth-order valence-corrected chi connectivity index (χ4v) is 5.27. The summed E-state index contributed by atoms with van der Waals surface area (Å²) >= 11 is 10.1. The van der Waals surface area contributed by atoms with Crippen LogP contribution in [-0.4, -0.2) is 48.7 Å². The lowest BCUT2D eigenvalue weighted by molar-refractivity contribution is 0.0514. The van der Waals surface area contributed by atoms with Crippen LogP contribution in [0.3, 0.4) is 0 Å². The molecule has 0 aliphatic heterocycles. The summed E-state index contributed by atoms with van der Waals surface area (Å²) in [4.78, 5) is 30.2. The van der Waals surface area contributed by atoms with Gasteiger partial charge in [0.05, 0.1) is 16.6 Å². The van der Waals surface area contributed by atoms with E-state index in [1.165, 1.54) is 0 Å². The average molecular weight is 627 g/mol. The van der Waals surface area contributed by atoms with Crippen molar-refractivity contribution >= 4 is 56.3 Å². The van der Waals surface area contributed by atoms with E-state index in [0.717, 1.165) is 29.6 Å². The molecule has 0 saturated carbocycles. The Bertz CT molecular complexity index is 1680. The van der Waals surface area contributed by atoms with E-state index in [4.69, 9.17) is 20.8 Å². The minimum atomic E-state index is -0.508. The molecule has 0 spiro atoms. The number of amides is 1. The number of aromatic nitrogens is 6. The van der Waals surface area contributed by atoms with Crippen molar-refractivity contribution in [2.45, 2.75) is 39.7 Å². The Kier molecular flexibility index (Phi) is 8.27. The number of esters is 1. The van der Waals surface area contributed by atoms with Gasteiger partial charge in [0.1, 0.15) is 17.2 Å². The maximum absolute atomic E-state index is 13.0. The van der Waals surface area contributed by atoms with Crippen LogP contribution in [0.4, 0.5) is 5.95 Å². The Balaban J connectivity index is 1.51. The minimum Gasteiger partial charge on any atom is -0.461 e. The first-order valence-electron chi connectivity index (χ1n) is 12.7.